The van der Waals surface area contributed by atoms with Crippen LogP contribution in [0.1, 0.15) is 22.4 Å². The van der Waals surface area contributed by atoms with Gasteiger partial charge in [0.25, 0.3) is 0 Å². The van der Waals surface area contributed by atoms with Crippen LogP contribution in [0.4, 0.5) is 8.78 Å². The molecule has 9 nitrogen and oxygen atoms in total. The van der Waals surface area contributed by atoms with Crippen molar-refractivity contribution in [1.82, 2.24) is 30.0 Å². The zero-order valence-corrected chi connectivity index (χ0v) is 18.5. The number of aliphatic imine (C=N–C) groups is 1. The van der Waals surface area contributed by atoms with Gasteiger partial charge in [0.15, 0.2) is 11.6 Å². The van der Waals surface area contributed by atoms with Gasteiger partial charge in [-0.2, -0.15) is 5.10 Å². The monoisotopic (exact) mass is 465 g/mol. The van der Waals surface area contributed by atoms with Crippen molar-refractivity contribution in [1.29, 1.82) is 0 Å². The number of hydrogen-bond acceptors (Lipinski definition) is 7. The highest BCUT2D eigenvalue weighted by molar-refractivity contribution is 5.98. The molecule has 0 unspecified atom stereocenters. The third-order valence-corrected chi connectivity index (χ3v) is 4.98. The Balaban J connectivity index is 1.54. The first-order chi connectivity index (χ1) is 16.4. The molecule has 0 spiro atoms. The Morgan fingerprint density at radius 3 is 2.74 bits per heavy atom. The molecule has 0 N–H and O–H groups in total. The van der Waals surface area contributed by atoms with E-state index in [-0.39, 0.29) is 18.3 Å². The Bertz CT molecular complexity index is 1330. The van der Waals surface area contributed by atoms with Crippen molar-refractivity contribution >= 4 is 11.6 Å². The fraction of sp³-hybridized carbons (Fsp3) is 0.174. The summed E-state index contributed by atoms with van der Waals surface area (Å²) < 4.78 is 41.0. The smallest absolute Gasteiger partial charge is 0.224 e. The van der Waals surface area contributed by atoms with Gasteiger partial charge in [-0.1, -0.05) is 24.8 Å². The zero-order valence-electron chi connectivity index (χ0n) is 18.5. The number of methoxy groups -OCH3 is 1. The van der Waals surface area contributed by atoms with E-state index in [1.54, 1.807) is 22.6 Å². The van der Waals surface area contributed by atoms with Crippen molar-refractivity contribution in [2.75, 3.05) is 7.11 Å². The second-order valence-corrected chi connectivity index (χ2v) is 7.27. The van der Waals surface area contributed by atoms with Crippen molar-refractivity contribution in [2.45, 2.75) is 13.2 Å². The van der Waals surface area contributed by atoms with E-state index in [9.17, 15) is 8.78 Å². The average molecular weight is 465 g/mol. The molecule has 0 aliphatic rings. The molecular weight excluding hydrogens is 444 g/mol. The van der Waals surface area contributed by atoms with E-state index in [4.69, 9.17) is 9.47 Å². The molecule has 4 rings (SSSR count). The highest BCUT2D eigenvalue weighted by Crippen LogP contribution is 2.21. The van der Waals surface area contributed by atoms with Crippen LogP contribution in [0, 0.1) is 11.6 Å². The minimum Gasteiger partial charge on any atom is -0.487 e. The van der Waals surface area contributed by atoms with Crippen LogP contribution in [-0.4, -0.2) is 43.0 Å². The Hall–Kier alpha value is -4.41. The Morgan fingerprint density at radius 1 is 1.15 bits per heavy atom. The van der Waals surface area contributed by atoms with Gasteiger partial charge in [-0.05, 0) is 39.8 Å². The summed E-state index contributed by atoms with van der Waals surface area (Å²) in [5.41, 5.74) is 3.46. The van der Waals surface area contributed by atoms with Crippen LogP contribution in [0.15, 0.2) is 66.6 Å². The highest BCUT2D eigenvalue weighted by atomic mass is 19.2. The number of rotatable bonds is 8. The summed E-state index contributed by atoms with van der Waals surface area (Å²) in [6, 6.07) is 11.0. The Labute approximate surface area is 194 Å². The molecule has 0 saturated carbocycles. The van der Waals surface area contributed by atoms with Gasteiger partial charge in [-0.25, -0.2) is 18.5 Å². The van der Waals surface area contributed by atoms with Crippen molar-refractivity contribution in [3.8, 4) is 5.75 Å². The number of tetrazole rings is 1. The minimum atomic E-state index is -0.986. The molecule has 174 valence electrons. The van der Waals surface area contributed by atoms with E-state index in [2.05, 4.69) is 32.2 Å². The van der Waals surface area contributed by atoms with Crippen LogP contribution in [0.25, 0.3) is 5.70 Å². The first kappa shape index (κ1) is 22.8. The maximum absolute atomic E-state index is 13.5. The molecule has 0 aliphatic carbocycles. The second kappa shape index (κ2) is 10.0. The minimum absolute atomic E-state index is 0.0349. The molecule has 4 aromatic rings. The molecule has 11 heteroatoms. The first-order valence-electron chi connectivity index (χ1n) is 10.2. The summed E-state index contributed by atoms with van der Waals surface area (Å²) in [4.78, 5) is 4.56. The van der Waals surface area contributed by atoms with E-state index in [1.807, 2.05) is 24.3 Å². The zero-order chi connectivity index (χ0) is 24.1. The molecule has 2 aromatic heterocycles. The van der Waals surface area contributed by atoms with Gasteiger partial charge < -0.3 is 9.47 Å². The molecule has 0 atom stereocenters. The molecule has 0 aliphatic heterocycles. The maximum atomic E-state index is 13.5. The van der Waals surface area contributed by atoms with E-state index in [0.29, 0.717) is 23.5 Å². The molecule has 2 aromatic carbocycles. The number of hydrogen-bond donors (Lipinski definition) is 0. The summed E-state index contributed by atoms with van der Waals surface area (Å²) in [7, 11) is 3.23. The Kier molecular flexibility index (Phi) is 6.72. The van der Waals surface area contributed by atoms with Crippen LogP contribution in [0.2, 0.25) is 0 Å². The van der Waals surface area contributed by atoms with Gasteiger partial charge in [0.1, 0.15) is 18.7 Å². The number of aryl methyl sites for hydroxylation is 1. The standard InChI is InChI=1S/C23H21F2N7O2/c1-15(17-6-4-5-16(9-17)12-32-14-26-29-30-32)28-23(33-3)19-11-27-31(2)22(19)13-34-18-7-8-20(24)21(25)10-18/h4-11,14H,1,12-13H2,2-3H3. The lowest BCUT2D eigenvalue weighted by Gasteiger charge is -2.11. The molecule has 0 saturated heterocycles. The van der Waals surface area contributed by atoms with Crippen molar-refractivity contribution in [2.24, 2.45) is 12.0 Å². The predicted molar refractivity (Wildman–Crippen MR) is 120 cm³/mol. The fourth-order valence-electron chi connectivity index (χ4n) is 3.22. The van der Waals surface area contributed by atoms with Gasteiger partial charge in [0, 0.05) is 13.1 Å². The van der Waals surface area contributed by atoms with Crippen molar-refractivity contribution in [3.63, 3.8) is 0 Å². The van der Waals surface area contributed by atoms with Crippen LogP contribution >= 0.6 is 0 Å². The summed E-state index contributed by atoms with van der Waals surface area (Å²) in [5.74, 6) is -1.46. The second-order valence-electron chi connectivity index (χ2n) is 7.27. The number of ether oxygens (including phenoxy) is 2. The molecular formula is C23H21F2N7O2. The van der Waals surface area contributed by atoms with Gasteiger partial charge in [0.05, 0.1) is 36.8 Å². The molecule has 0 radical (unpaired) electrons. The largest absolute Gasteiger partial charge is 0.487 e. The van der Waals surface area contributed by atoms with E-state index < -0.39 is 11.6 Å². The van der Waals surface area contributed by atoms with E-state index in [1.165, 1.54) is 19.5 Å². The number of halogens is 2. The normalized spacial score (nSPS) is 11.5. The van der Waals surface area contributed by atoms with Gasteiger partial charge in [-0.15, -0.1) is 5.10 Å². The van der Waals surface area contributed by atoms with Crippen LogP contribution < -0.4 is 4.74 Å². The van der Waals surface area contributed by atoms with E-state index in [0.717, 1.165) is 23.3 Å². The lowest BCUT2D eigenvalue weighted by atomic mass is 10.1. The van der Waals surface area contributed by atoms with Crippen LogP contribution in [0.3, 0.4) is 0 Å². The number of nitrogens with zero attached hydrogens (tertiary/aromatic N) is 7. The maximum Gasteiger partial charge on any atom is 0.224 e. The summed E-state index contributed by atoms with van der Waals surface area (Å²) >= 11 is 0. The summed E-state index contributed by atoms with van der Waals surface area (Å²) in [6.45, 7) is 4.61. The van der Waals surface area contributed by atoms with Crippen molar-refractivity contribution in [3.05, 3.63) is 95.6 Å². The van der Waals surface area contributed by atoms with Crippen molar-refractivity contribution < 1.29 is 18.3 Å². The van der Waals surface area contributed by atoms with Gasteiger partial charge >= 0.3 is 0 Å². The quantitative estimate of drug-likeness (QED) is 0.293. The third kappa shape index (κ3) is 5.14. The third-order valence-electron chi connectivity index (χ3n) is 4.98. The lowest BCUT2D eigenvalue weighted by Crippen LogP contribution is -2.11. The summed E-state index contributed by atoms with van der Waals surface area (Å²) in [6.07, 6.45) is 3.13. The lowest BCUT2D eigenvalue weighted by molar-refractivity contribution is 0.291. The SMILES string of the molecule is C=C(N=C(OC)c1cnn(C)c1COc1ccc(F)c(F)c1)c1cccc(Cn2cnnn2)c1. The topological polar surface area (TPSA) is 92.2 Å². The molecule has 0 bridgehead atoms. The summed E-state index contributed by atoms with van der Waals surface area (Å²) in [5, 5.41) is 15.4. The molecule has 34 heavy (non-hydrogen) atoms. The Morgan fingerprint density at radius 2 is 2.00 bits per heavy atom. The van der Waals surface area contributed by atoms with Crippen LogP contribution in [-0.2, 0) is 24.9 Å². The molecule has 0 amide bonds. The van der Waals surface area contributed by atoms with Crippen LogP contribution in [0.5, 0.6) is 5.75 Å². The number of benzene rings is 2. The number of aromatic nitrogens is 6. The predicted octanol–water partition coefficient (Wildman–Crippen LogP) is 3.38. The van der Waals surface area contributed by atoms with Gasteiger partial charge in [0.2, 0.25) is 5.90 Å². The fourth-order valence-corrected chi connectivity index (χ4v) is 3.22. The molecule has 2 heterocycles. The molecule has 0 fully saturated rings. The highest BCUT2D eigenvalue weighted by Gasteiger charge is 2.17. The average Bonchev–Trinajstić information content (AvgIpc) is 3.48. The first-order valence-corrected chi connectivity index (χ1v) is 10.2. The van der Waals surface area contributed by atoms with E-state index >= 15 is 0 Å². The van der Waals surface area contributed by atoms with Gasteiger partial charge in [-0.3, -0.25) is 4.68 Å².